The summed E-state index contributed by atoms with van der Waals surface area (Å²) in [4.78, 5) is 22.5. The molecule has 2 aliphatic heterocycles. The third kappa shape index (κ3) is 0.821. The lowest BCUT2D eigenvalue weighted by Gasteiger charge is -2.39. The van der Waals surface area contributed by atoms with Gasteiger partial charge in [0.15, 0.2) is 9.84 Å². The molecule has 2 saturated heterocycles. The average Bonchev–Trinajstić information content (AvgIpc) is 2.42. The lowest BCUT2D eigenvalue weighted by Crippen LogP contribution is -2.47. The van der Waals surface area contributed by atoms with Gasteiger partial charge in [0.2, 0.25) is 11.8 Å². The van der Waals surface area contributed by atoms with E-state index in [4.69, 9.17) is 0 Å². The van der Waals surface area contributed by atoms with Crippen LogP contribution < -0.4 is 5.32 Å². The molecular formula is C8H9NO4S. The first-order chi connectivity index (χ1) is 6.49. The van der Waals surface area contributed by atoms with Gasteiger partial charge < -0.3 is 0 Å². The summed E-state index contributed by atoms with van der Waals surface area (Å²) >= 11 is 0. The zero-order chi connectivity index (χ0) is 10.1. The van der Waals surface area contributed by atoms with Crippen molar-refractivity contribution in [1.82, 2.24) is 5.32 Å². The van der Waals surface area contributed by atoms with E-state index in [1.165, 1.54) is 0 Å². The monoisotopic (exact) mass is 215 g/mol. The Morgan fingerprint density at radius 3 is 1.86 bits per heavy atom. The number of hydrogen-bond acceptors (Lipinski definition) is 4. The Morgan fingerprint density at radius 2 is 1.43 bits per heavy atom. The van der Waals surface area contributed by atoms with Gasteiger partial charge in [-0.05, 0) is 11.8 Å². The number of rotatable bonds is 0. The van der Waals surface area contributed by atoms with E-state index in [1.807, 2.05) is 0 Å². The molecule has 3 rings (SSSR count). The molecule has 3 fully saturated rings. The largest absolute Gasteiger partial charge is 0.296 e. The third-order valence-corrected chi connectivity index (χ3v) is 5.39. The van der Waals surface area contributed by atoms with Crippen molar-refractivity contribution in [2.75, 3.05) is 11.5 Å². The molecule has 6 heteroatoms. The molecule has 0 spiro atoms. The zero-order valence-electron chi connectivity index (χ0n) is 7.26. The molecule has 0 aromatic carbocycles. The molecule has 4 atom stereocenters. The topological polar surface area (TPSA) is 80.3 Å². The normalized spacial score (nSPS) is 48.0. The van der Waals surface area contributed by atoms with Crippen LogP contribution in [-0.4, -0.2) is 31.7 Å². The molecule has 3 aliphatic rings. The maximum Gasteiger partial charge on any atom is 0.230 e. The van der Waals surface area contributed by atoms with Gasteiger partial charge in [-0.25, -0.2) is 8.42 Å². The second kappa shape index (κ2) is 2.18. The summed E-state index contributed by atoms with van der Waals surface area (Å²) in [5.41, 5.74) is 0. The Kier molecular flexibility index (Phi) is 1.31. The maximum absolute atomic E-state index is 11.3. The van der Waals surface area contributed by atoms with Crippen molar-refractivity contribution in [3.05, 3.63) is 0 Å². The highest BCUT2D eigenvalue weighted by Gasteiger charge is 2.65. The van der Waals surface area contributed by atoms with Crippen LogP contribution in [0.3, 0.4) is 0 Å². The van der Waals surface area contributed by atoms with Crippen LogP contribution in [0.1, 0.15) is 0 Å². The molecule has 2 heterocycles. The number of fused-ring (bicyclic) bond motifs is 4. The molecule has 1 saturated carbocycles. The number of imide groups is 1. The van der Waals surface area contributed by atoms with E-state index < -0.39 is 9.84 Å². The molecule has 4 unspecified atom stereocenters. The maximum atomic E-state index is 11.3. The summed E-state index contributed by atoms with van der Waals surface area (Å²) in [6.07, 6.45) is 0. The van der Waals surface area contributed by atoms with Crippen LogP contribution >= 0.6 is 0 Å². The van der Waals surface area contributed by atoms with E-state index in [9.17, 15) is 18.0 Å². The summed E-state index contributed by atoms with van der Waals surface area (Å²) in [5, 5.41) is 2.26. The van der Waals surface area contributed by atoms with Crippen molar-refractivity contribution in [2.24, 2.45) is 23.7 Å². The standard InChI is InChI=1S/C8H9NO4S/c10-7-5-3-1-14(12,13)2-4(3)6(5)8(11)9-7/h3-6H,1-2H2,(H,9,10,11). The number of amides is 2. The number of carbonyl (C=O) groups excluding carboxylic acids is 2. The number of sulfone groups is 1. The van der Waals surface area contributed by atoms with Crippen LogP contribution in [0, 0.1) is 23.7 Å². The second-order valence-electron chi connectivity index (χ2n) is 4.31. The Bertz CT molecular complexity index is 406. The van der Waals surface area contributed by atoms with E-state index >= 15 is 0 Å². The van der Waals surface area contributed by atoms with E-state index in [1.54, 1.807) is 0 Å². The molecule has 14 heavy (non-hydrogen) atoms. The first-order valence-corrected chi connectivity index (χ1v) is 6.37. The lowest BCUT2D eigenvalue weighted by molar-refractivity contribution is -0.132. The van der Waals surface area contributed by atoms with Crippen molar-refractivity contribution in [3.63, 3.8) is 0 Å². The molecule has 0 aromatic heterocycles. The van der Waals surface area contributed by atoms with Gasteiger partial charge in [-0.3, -0.25) is 14.9 Å². The fourth-order valence-electron chi connectivity index (χ4n) is 3.03. The summed E-state index contributed by atoms with van der Waals surface area (Å²) in [5.74, 6) is -1.31. The SMILES string of the molecule is O=C1NC(=O)C2C3CS(=O)(=O)CC3C12. The van der Waals surface area contributed by atoms with Crippen molar-refractivity contribution in [1.29, 1.82) is 0 Å². The Labute approximate surface area is 80.8 Å². The Morgan fingerprint density at radius 1 is 1.00 bits per heavy atom. The minimum atomic E-state index is -3.00. The van der Waals surface area contributed by atoms with Gasteiger partial charge in [0.05, 0.1) is 23.3 Å². The smallest absolute Gasteiger partial charge is 0.230 e. The lowest BCUT2D eigenvalue weighted by atomic mass is 9.59. The predicted molar refractivity (Wildman–Crippen MR) is 45.8 cm³/mol. The number of carbonyl (C=O) groups is 2. The molecule has 2 amide bonds. The molecular weight excluding hydrogens is 206 g/mol. The molecule has 5 nitrogen and oxygen atoms in total. The fraction of sp³-hybridized carbons (Fsp3) is 0.750. The van der Waals surface area contributed by atoms with Gasteiger partial charge >= 0.3 is 0 Å². The quantitative estimate of drug-likeness (QED) is 0.501. The number of nitrogens with one attached hydrogen (secondary N) is 1. The highest BCUT2D eigenvalue weighted by Crippen LogP contribution is 2.53. The van der Waals surface area contributed by atoms with Gasteiger partial charge in [-0.1, -0.05) is 0 Å². The summed E-state index contributed by atoms with van der Waals surface area (Å²) in [6, 6.07) is 0. The van der Waals surface area contributed by atoms with Gasteiger partial charge in [0.1, 0.15) is 0 Å². The first kappa shape index (κ1) is 8.40. The minimum absolute atomic E-state index is 0.0829. The summed E-state index contributed by atoms with van der Waals surface area (Å²) in [6.45, 7) is 0. The van der Waals surface area contributed by atoms with Crippen LogP contribution in [0.4, 0.5) is 0 Å². The van der Waals surface area contributed by atoms with Gasteiger partial charge in [-0.15, -0.1) is 0 Å². The van der Waals surface area contributed by atoms with E-state index in [2.05, 4.69) is 5.32 Å². The van der Waals surface area contributed by atoms with Gasteiger partial charge in [-0.2, -0.15) is 0 Å². The van der Waals surface area contributed by atoms with Crippen molar-refractivity contribution >= 4 is 21.7 Å². The minimum Gasteiger partial charge on any atom is -0.296 e. The number of hydrogen-bond donors (Lipinski definition) is 1. The van der Waals surface area contributed by atoms with Crippen LogP contribution in [0.15, 0.2) is 0 Å². The van der Waals surface area contributed by atoms with Crippen molar-refractivity contribution < 1.29 is 18.0 Å². The molecule has 0 radical (unpaired) electrons. The fourth-order valence-corrected chi connectivity index (χ4v) is 5.25. The average molecular weight is 215 g/mol. The molecule has 0 aromatic rings. The summed E-state index contributed by atoms with van der Waals surface area (Å²) < 4.78 is 22.6. The van der Waals surface area contributed by atoms with Crippen molar-refractivity contribution in [2.45, 2.75) is 0 Å². The molecule has 76 valence electrons. The zero-order valence-corrected chi connectivity index (χ0v) is 8.08. The highest BCUT2D eigenvalue weighted by atomic mass is 32.2. The molecule has 0 bridgehead atoms. The van der Waals surface area contributed by atoms with Crippen molar-refractivity contribution in [3.8, 4) is 0 Å². The third-order valence-electron chi connectivity index (χ3n) is 3.60. The molecule has 1 aliphatic carbocycles. The Hall–Kier alpha value is -0.910. The van der Waals surface area contributed by atoms with E-state index in [0.29, 0.717) is 0 Å². The Balaban J connectivity index is 1.98. The van der Waals surface area contributed by atoms with Crippen LogP contribution in [0.2, 0.25) is 0 Å². The summed E-state index contributed by atoms with van der Waals surface area (Å²) in [7, 11) is -3.00. The first-order valence-electron chi connectivity index (χ1n) is 4.55. The van der Waals surface area contributed by atoms with E-state index in [0.717, 1.165) is 0 Å². The second-order valence-corrected chi connectivity index (χ2v) is 6.46. The highest BCUT2D eigenvalue weighted by molar-refractivity contribution is 7.91. The van der Waals surface area contributed by atoms with Gasteiger partial charge in [0, 0.05) is 0 Å². The molecule has 1 N–H and O–H groups in total. The van der Waals surface area contributed by atoms with Crippen LogP contribution in [0.25, 0.3) is 0 Å². The predicted octanol–water partition coefficient (Wildman–Crippen LogP) is -1.45. The van der Waals surface area contributed by atoms with Crippen LogP contribution in [0.5, 0.6) is 0 Å². The van der Waals surface area contributed by atoms with E-state index in [-0.39, 0.29) is 47.0 Å². The van der Waals surface area contributed by atoms with Gasteiger partial charge in [0.25, 0.3) is 0 Å². The van der Waals surface area contributed by atoms with Crippen LogP contribution in [-0.2, 0) is 19.4 Å².